The van der Waals surface area contributed by atoms with Crippen molar-refractivity contribution in [1.29, 1.82) is 0 Å². The van der Waals surface area contributed by atoms with Crippen LogP contribution in [-0.4, -0.2) is 70.7 Å². The van der Waals surface area contributed by atoms with Gasteiger partial charge in [0.25, 0.3) is 12.1 Å². The SMILES string of the molecule is CC(=O)OC1C(=O)N(c2cccc(CCCCOCCCCCCNC[C@H](O)c3ccc(O)c(CO)c3)c2)C(=O)N1Cc1ccccc1. The number of hydrogen-bond donors (Lipinski definition) is 4. The number of esters is 1. The smallest absolute Gasteiger partial charge is 0.335 e. The zero-order valence-corrected chi connectivity index (χ0v) is 27.6. The second-order valence-corrected chi connectivity index (χ2v) is 12.0. The number of ether oxygens (including phenoxy) is 2. The second-order valence-electron chi connectivity index (χ2n) is 12.0. The number of amides is 3. The minimum Gasteiger partial charge on any atom is -0.508 e. The number of carbonyl (C=O) groups is 3. The lowest BCUT2D eigenvalue weighted by Crippen LogP contribution is -2.37. The number of nitrogens with one attached hydrogen (secondary N) is 1. The summed E-state index contributed by atoms with van der Waals surface area (Å²) in [4.78, 5) is 40.8. The Morgan fingerprint density at radius 3 is 2.38 bits per heavy atom. The molecule has 1 saturated heterocycles. The zero-order chi connectivity index (χ0) is 34.3. The van der Waals surface area contributed by atoms with E-state index in [4.69, 9.17) is 9.47 Å². The van der Waals surface area contributed by atoms with Crippen LogP contribution >= 0.6 is 0 Å². The maximum atomic E-state index is 13.4. The van der Waals surface area contributed by atoms with Crippen molar-refractivity contribution in [2.75, 3.05) is 31.2 Å². The molecule has 0 aromatic heterocycles. The predicted octanol–water partition coefficient (Wildman–Crippen LogP) is 4.97. The van der Waals surface area contributed by atoms with Crippen LogP contribution in [0.5, 0.6) is 5.75 Å². The van der Waals surface area contributed by atoms with Crippen LogP contribution in [-0.2, 0) is 38.6 Å². The van der Waals surface area contributed by atoms with Crippen LogP contribution in [0.15, 0.2) is 72.8 Å². The average Bonchev–Trinajstić information content (AvgIpc) is 3.30. The third-order valence-electron chi connectivity index (χ3n) is 8.19. The number of hydrogen-bond acceptors (Lipinski definition) is 9. The van der Waals surface area contributed by atoms with Gasteiger partial charge in [0.2, 0.25) is 0 Å². The summed E-state index contributed by atoms with van der Waals surface area (Å²) in [5, 5.41) is 32.5. The molecule has 3 aromatic rings. The number of carbonyl (C=O) groups excluding carboxylic acids is 3. The van der Waals surface area contributed by atoms with Crippen LogP contribution in [0.2, 0.25) is 0 Å². The highest BCUT2D eigenvalue weighted by Crippen LogP contribution is 2.29. The fourth-order valence-electron chi connectivity index (χ4n) is 5.60. The van der Waals surface area contributed by atoms with Gasteiger partial charge in [0, 0.05) is 32.2 Å². The molecule has 48 heavy (non-hydrogen) atoms. The molecule has 0 spiro atoms. The van der Waals surface area contributed by atoms with E-state index in [1.165, 1.54) is 17.9 Å². The highest BCUT2D eigenvalue weighted by molar-refractivity contribution is 6.21. The van der Waals surface area contributed by atoms with Gasteiger partial charge in [0.1, 0.15) is 5.75 Å². The fraction of sp³-hybridized carbons (Fsp3) is 0.432. The number of imide groups is 1. The Labute approximate surface area is 282 Å². The Morgan fingerprint density at radius 2 is 1.62 bits per heavy atom. The Morgan fingerprint density at radius 1 is 0.896 bits per heavy atom. The van der Waals surface area contributed by atoms with Gasteiger partial charge in [0.15, 0.2) is 0 Å². The molecule has 0 radical (unpaired) electrons. The van der Waals surface area contributed by atoms with E-state index in [1.54, 1.807) is 18.2 Å². The number of aliphatic hydroxyl groups excluding tert-OH is 2. The van der Waals surface area contributed by atoms with E-state index in [-0.39, 0.29) is 18.9 Å². The van der Waals surface area contributed by atoms with Crippen molar-refractivity contribution < 1.29 is 39.2 Å². The second kappa shape index (κ2) is 18.9. The number of unbranched alkanes of at least 4 members (excludes halogenated alkanes) is 4. The molecule has 3 amide bonds. The van der Waals surface area contributed by atoms with Crippen molar-refractivity contribution in [1.82, 2.24) is 10.2 Å². The van der Waals surface area contributed by atoms with Crippen molar-refractivity contribution in [2.45, 2.75) is 77.4 Å². The maximum Gasteiger partial charge on any atom is 0.335 e. The summed E-state index contributed by atoms with van der Waals surface area (Å²) in [5.74, 6) is -1.20. The maximum absolute atomic E-state index is 13.4. The molecule has 0 saturated carbocycles. The summed E-state index contributed by atoms with van der Waals surface area (Å²) in [7, 11) is 0. The van der Waals surface area contributed by atoms with E-state index < -0.39 is 30.2 Å². The van der Waals surface area contributed by atoms with Gasteiger partial charge in [0.05, 0.1) is 24.9 Å². The van der Waals surface area contributed by atoms with Gasteiger partial charge in [-0.15, -0.1) is 0 Å². The molecular formula is C37H47N3O8. The summed E-state index contributed by atoms with van der Waals surface area (Å²) >= 11 is 0. The van der Waals surface area contributed by atoms with Gasteiger partial charge < -0.3 is 30.1 Å². The van der Waals surface area contributed by atoms with Gasteiger partial charge in [-0.1, -0.05) is 61.4 Å². The number of urea groups is 1. The van der Waals surface area contributed by atoms with Crippen molar-refractivity contribution in [2.24, 2.45) is 0 Å². The highest BCUT2D eigenvalue weighted by atomic mass is 16.6. The van der Waals surface area contributed by atoms with Crippen molar-refractivity contribution in [3.63, 3.8) is 0 Å². The monoisotopic (exact) mass is 661 g/mol. The Balaban J connectivity index is 1.10. The standard InChI is InChI=1S/C37H47N3O8/c1-27(42)48-36-35(45)40(37(46)39(36)25-29-13-5-4-6-14-29)32-16-11-15-28(22-32)12-7-10-21-47-20-9-3-2-8-19-38-24-34(44)30-17-18-33(43)31(23-30)26-41/h4-6,11,13-18,22-23,34,36,38,41,43-44H,2-3,7-10,12,19-21,24-26H2,1H3/t34-,36?/m0/s1. The summed E-state index contributed by atoms with van der Waals surface area (Å²) in [6.07, 6.45) is 4.63. The van der Waals surface area contributed by atoms with Crippen LogP contribution in [0.25, 0.3) is 0 Å². The van der Waals surface area contributed by atoms with E-state index in [2.05, 4.69) is 5.32 Å². The molecule has 1 aliphatic heterocycles. The molecule has 11 nitrogen and oxygen atoms in total. The predicted molar refractivity (Wildman–Crippen MR) is 181 cm³/mol. The average molecular weight is 662 g/mol. The summed E-state index contributed by atoms with van der Waals surface area (Å²) in [6.45, 7) is 3.65. The lowest BCUT2D eigenvalue weighted by atomic mass is 10.1. The lowest BCUT2D eigenvalue weighted by Gasteiger charge is -2.21. The van der Waals surface area contributed by atoms with E-state index in [1.807, 2.05) is 48.5 Å². The van der Waals surface area contributed by atoms with Crippen LogP contribution in [0.3, 0.4) is 0 Å². The lowest BCUT2D eigenvalue weighted by molar-refractivity contribution is -0.158. The quantitative estimate of drug-likeness (QED) is 0.0749. The number of aliphatic hydroxyl groups is 2. The molecule has 0 bridgehead atoms. The number of aromatic hydroxyl groups is 1. The van der Waals surface area contributed by atoms with Crippen LogP contribution in [0.1, 0.15) is 73.8 Å². The number of rotatable bonds is 20. The molecule has 1 heterocycles. The molecule has 258 valence electrons. The number of nitrogens with zero attached hydrogens (tertiary/aromatic N) is 2. The van der Waals surface area contributed by atoms with Gasteiger partial charge in [-0.25, -0.2) is 9.69 Å². The first kappa shape index (κ1) is 36.5. The molecule has 3 aromatic carbocycles. The first-order chi connectivity index (χ1) is 23.3. The van der Waals surface area contributed by atoms with Crippen molar-refractivity contribution >= 4 is 23.6 Å². The fourth-order valence-corrected chi connectivity index (χ4v) is 5.60. The van der Waals surface area contributed by atoms with Gasteiger partial charge in [-0.2, -0.15) is 0 Å². The molecule has 1 fully saturated rings. The van der Waals surface area contributed by atoms with E-state index >= 15 is 0 Å². The largest absolute Gasteiger partial charge is 0.508 e. The van der Waals surface area contributed by atoms with E-state index in [0.29, 0.717) is 36.6 Å². The molecule has 0 aliphatic carbocycles. The molecule has 11 heteroatoms. The number of aryl methyl sites for hydroxylation is 1. The topological polar surface area (TPSA) is 149 Å². The zero-order valence-electron chi connectivity index (χ0n) is 27.6. The Bertz CT molecular complexity index is 1480. The van der Waals surface area contributed by atoms with E-state index in [9.17, 15) is 29.7 Å². The first-order valence-electron chi connectivity index (χ1n) is 16.6. The number of anilines is 1. The molecule has 4 rings (SSSR count). The minimum absolute atomic E-state index is 0.0223. The highest BCUT2D eigenvalue weighted by Gasteiger charge is 2.48. The van der Waals surface area contributed by atoms with Gasteiger partial charge >= 0.3 is 12.0 Å². The third-order valence-corrected chi connectivity index (χ3v) is 8.19. The van der Waals surface area contributed by atoms with Gasteiger partial charge in [-0.05, 0) is 79.6 Å². The van der Waals surface area contributed by atoms with Crippen molar-refractivity contribution in [3.05, 3.63) is 95.1 Å². The van der Waals surface area contributed by atoms with Crippen LogP contribution in [0.4, 0.5) is 10.5 Å². The molecular weight excluding hydrogens is 614 g/mol. The minimum atomic E-state index is -1.31. The molecule has 1 unspecified atom stereocenters. The van der Waals surface area contributed by atoms with Crippen molar-refractivity contribution in [3.8, 4) is 5.75 Å². The van der Waals surface area contributed by atoms with Crippen LogP contribution in [0, 0.1) is 0 Å². The first-order valence-corrected chi connectivity index (χ1v) is 16.6. The van der Waals surface area contributed by atoms with Crippen LogP contribution < -0.4 is 10.2 Å². The number of phenols is 1. The summed E-state index contributed by atoms with van der Waals surface area (Å²) < 4.78 is 11.1. The molecule has 2 atom stereocenters. The summed E-state index contributed by atoms with van der Waals surface area (Å²) in [6, 6.07) is 20.8. The van der Waals surface area contributed by atoms with E-state index in [0.717, 1.165) is 67.5 Å². The van der Waals surface area contributed by atoms with Gasteiger partial charge in [-0.3, -0.25) is 14.5 Å². The number of benzene rings is 3. The normalized spacial score (nSPS) is 15.3. The Kier molecular flexibility index (Phi) is 14.4. The molecule has 4 N–H and O–H groups in total. The Hall–Kier alpha value is -4.29. The third kappa shape index (κ3) is 10.6. The molecule has 1 aliphatic rings. The summed E-state index contributed by atoms with van der Waals surface area (Å²) in [5.41, 5.74) is 3.33.